The van der Waals surface area contributed by atoms with E-state index in [0.717, 1.165) is 11.4 Å². The van der Waals surface area contributed by atoms with E-state index in [9.17, 15) is 0 Å². The highest BCUT2D eigenvalue weighted by atomic mass is 15.0. The molecule has 0 saturated carbocycles. The molecule has 24 aromatic carbocycles. The number of hydrogen-bond acceptors (Lipinski definition) is 0. The van der Waals surface area contributed by atoms with Gasteiger partial charge in [-0.15, -0.1) is 0 Å². The summed E-state index contributed by atoms with van der Waals surface area (Å²) in [6.45, 7) is 0. The van der Waals surface area contributed by atoms with Gasteiger partial charge in [-0.05, 0) is 228 Å². The van der Waals surface area contributed by atoms with E-state index in [1.54, 1.807) is 0 Å². The number of hydrogen-bond donors (Lipinski definition) is 0. The van der Waals surface area contributed by atoms with Gasteiger partial charge in [0.15, 0.2) is 0 Å². The van der Waals surface area contributed by atoms with Crippen LogP contribution in [0.15, 0.2) is 522 Å². The van der Waals surface area contributed by atoms with E-state index in [1.807, 2.05) is 0 Å². The lowest BCUT2D eigenvalue weighted by atomic mass is 9.88. The summed E-state index contributed by atoms with van der Waals surface area (Å²) in [5.74, 6) is 0. The lowest BCUT2D eigenvalue weighted by Crippen LogP contribution is -1.97. The number of fused-ring (bicyclic) bond motifs is 15. The third kappa shape index (κ3) is 12.3. The number of benzene rings is 24. The lowest BCUT2D eigenvalue weighted by Gasteiger charge is -2.17. The van der Waals surface area contributed by atoms with Crippen LogP contribution in [0.2, 0.25) is 0 Å². The molecule has 0 amide bonds. The predicted octanol–water partition coefficient (Wildman–Crippen LogP) is 37.6. The Balaban J connectivity index is 0.000000102. The molecule has 0 bridgehead atoms. The quantitative estimate of drug-likeness (QED) is 0.115. The van der Waals surface area contributed by atoms with Crippen LogP contribution in [-0.2, 0) is 0 Å². The van der Waals surface area contributed by atoms with Gasteiger partial charge in [0.2, 0.25) is 0 Å². The number of rotatable bonds is 11. The highest BCUT2D eigenvalue weighted by Crippen LogP contribution is 2.57. The maximum atomic E-state index is 2.52. The van der Waals surface area contributed by atoms with Crippen LogP contribution >= 0.6 is 0 Å². The molecule has 4 nitrogen and oxygen atoms in total. The van der Waals surface area contributed by atoms with E-state index >= 15 is 0 Å². The highest BCUT2D eigenvalue weighted by molar-refractivity contribution is 6.39. The molecule has 0 atom stereocenters. The smallest absolute Gasteiger partial charge is 0.0642 e. The van der Waals surface area contributed by atoms with Crippen LogP contribution < -0.4 is 0 Å². The first-order valence-corrected chi connectivity index (χ1v) is 49.2. The van der Waals surface area contributed by atoms with Gasteiger partial charge < -0.3 is 18.1 Å². The second-order valence-corrected chi connectivity index (χ2v) is 37.8. The Labute approximate surface area is 820 Å². The largest absolute Gasteiger partial charge is 0.309 e. The van der Waals surface area contributed by atoms with Crippen LogP contribution in [0, 0.1) is 0 Å². The summed E-state index contributed by atoms with van der Waals surface area (Å²) in [5, 5.41) is 20.8. The van der Waals surface area contributed by atoms with Gasteiger partial charge in [0.25, 0.3) is 0 Å². The van der Waals surface area contributed by atoms with E-state index in [1.165, 1.54) is 275 Å². The van der Waals surface area contributed by atoms with Crippen LogP contribution in [0.5, 0.6) is 0 Å². The van der Waals surface area contributed by atoms with Gasteiger partial charge in [0.1, 0.15) is 0 Å². The highest BCUT2D eigenvalue weighted by Gasteiger charge is 2.33. The van der Waals surface area contributed by atoms with Crippen molar-refractivity contribution in [3.8, 4) is 151 Å². The van der Waals surface area contributed by atoms with E-state index in [-0.39, 0.29) is 0 Å². The molecule has 142 heavy (non-hydrogen) atoms. The molecule has 2 aliphatic rings. The third-order valence-electron chi connectivity index (χ3n) is 30.3. The summed E-state index contributed by atoms with van der Waals surface area (Å²) in [6, 6.07) is 191. The molecule has 0 spiro atoms. The van der Waals surface area contributed by atoms with Crippen LogP contribution in [0.3, 0.4) is 0 Å². The number of para-hydroxylation sites is 2. The second kappa shape index (κ2) is 32.5. The van der Waals surface area contributed by atoms with Crippen molar-refractivity contribution in [1.29, 1.82) is 0 Å². The summed E-state index contributed by atoms with van der Waals surface area (Å²) in [5.41, 5.74) is 44.7. The maximum absolute atomic E-state index is 2.52. The van der Waals surface area contributed by atoms with E-state index in [2.05, 4.69) is 540 Å². The molecule has 2 aliphatic carbocycles. The SMILES string of the molecule is c1ccc(-c2ccccc2-c2ccc(-n3c4cccc5c6ccccc6n6c7ccccc7c7cc(-c8ccccc8)c3c(c54)c76)cc2)cc1.c1ccc(-c2ccccc2-c2cccc(-n3c4ccc(-c5ccccc5)c5c4c4c6c(cccc6ccc43)-c3ccccc3-5)c2)cc1.c1ccc(-c2ccccc2-c2cccc(-n3c4cccc5c4c4c6c(cccc6c6ccccc6c43)-c3ccccc3-5)c2)cc1. The second-order valence-electron chi connectivity index (χ2n) is 37.8. The molecule has 658 valence electrons. The predicted molar refractivity (Wildman–Crippen MR) is 602 cm³/mol. The molecule has 0 fully saturated rings. The molecule has 0 saturated heterocycles. The Morgan fingerprint density at radius 2 is 0.465 bits per heavy atom. The van der Waals surface area contributed by atoms with Crippen molar-refractivity contribution in [2.24, 2.45) is 0 Å². The average Bonchev–Trinajstić information content (AvgIpc) is 1.52. The van der Waals surface area contributed by atoms with Crippen LogP contribution in [0.25, 0.3) is 286 Å². The van der Waals surface area contributed by atoms with Gasteiger partial charge in [-0.1, -0.05) is 443 Å². The Kier molecular flexibility index (Phi) is 18.4. The van der Waals surface area contributed by atoms with Gasteiger partial charge in [-0.3, -0.25) is 0 Å². The summed E-state index contributed by atoms with van der Waals surface area (Å²) >= 11 is 0. The molecule has 0 radical (unpaired) electrons. The van der Waals surface area contributed by atoms with Gasteiger partial charge >= 0.3 is 0 Å². The molecule has 5 heterocycles. The minimum Gasteiger partial charge on any atom is -0.309 e. The van der Waals surface area contributed by atoms with Crippen molar-refractivity contribution in [3.63, 3.8) is 0 Å². The van der Waals surface area contributed by atoms with Crippen molar-refractivity contribution in [2.45, 2.75) is 0 Å². The Morgan fingerprint density at radius 1 is 0.120 bits per heavy atom. The van der Waals surface area contributed by atoms with Crippen molar-refractivity contribution in [3.05, 3.63) is 522 Å². The minimum atomic E-state index is 1.15. The molecule has 0 unspecified atom stereocenters. The zero-order valence-corrected chi connectivity index (χ0v) is 77.4. The van der Waals surface area contributed by atoms with E-state index in [4.69, 9.17) is 0 Å². The maximum Gasteiger partial charge on any atom is 0.0642 e. The zero-order chi connectivity index (χ0) is 93.1. The first kappa shape index (κ1) is 80.5. The minimum absolute atomic E-state index is 1.15. The standard InChI is InChI=1S/C48H30N2.C46H29N.C44H27N/c1-3-14-31(15-4-1)35-18-7-8-19-36(35)33-26-28-34(29-27-33)49-44-25-13-22-39-37-20-9-11-23-42(37)50-43-24-12-10-21-38(43)41-30-40(32-16-5-2-6-17-32)47(49)46(45(39)44)48(41)50;1-3-13-30(14-4-1)35-20-7-8-21-36(35)33-18-11-19-34(29-33)47-41-27-25-32-17-12-24-39-38-22-9-10-23-40(38)44-37(31-15-5-2-6-16-31)26-28-42(47)46(44)45(41)43(32)39;1-2-13-28(14-3-1)31-17-4-5-18-32(31)29-15-10-16-30(27-29)45-40-26-12-25-38-34-20-7-6-19-33(34)36-23-11-24-37-35-21-8-9-22-39(35)44(45)43(41(36)37)42(38)40/h1-30H;1-29H;1-27H. The number of nitrogens with zero attached hydrogens (tertiary/aromatic N) is 4. The van der Waals surface area contributed by atoms with Crippen molar-refractivity contribution < 1.29 is 0 Å². The van der Waals surface area contributed by atoms with Gasteiger partial charge in [-0.2, -0.15) is 0 Å². The molecule has 4 heteroatoms. The van der Waals surface area contributed by atoms with Crippen molar-refractivity contribution in [1.82, 2.24) is 18.1 Å². The summed E-state index contributed by atoms with van der Waals surface area (Å²) < 4.78 is 10.0. The Hall–Kier alpha value is -18.7. The summed E-state index contributed by atoms with van der Waals surface area (Å²) in [4.78, 5) is 0. The summed E-state index contributed by atoms with van der Waals surface area (Å²) in [6.07, 6.45) is 0. The van der Waals surface area contributed by atoms with Crippen molar-refractivity contribution >= 4 is 136 Å². The fraction of sp³-hybridized carbons (Fsp3) is 0. The average molecular weight is 1800 g/mol. The zero-order valence-electron chi connectivity index (χ0n) is 77.4. The molecule has 29 aromatic rings. The lowest BCUT2D eigenvalue weighted by molar-refractivity contribution is 1.18. The van der Waals surface area contributed by atoms with Crippen molar-refractivity contribution in [2.75, 3.05) is 0 Å². The molecule has 5 aromatic heterocycles. The van der Waals surface area contributed by atoms with Gasteiger partial charge in [0.05, 0.1) is 49.7 Å². The third-order valence-corrected chi connectivity index (χ3v) is 30.3. The fourth-order valence-electron chi connectivity index (χ4n) is 24.4. The van der Waals surface area contributed by atoms with Gasteiger partial charge in [-0.25, -0.2) is 0 Å². The van der Waals surface area contributed by atoms with Crippen LogP contribution in [0.1, 0.15) is 0 Å². The molecule has 0 N–H and O–H groups in total. The Morgan fingerprint density at radius 3 is 1.02 bits per heavy atom. The topological polar surface area (TPSA) is 19.2 Å². The molecular weight excluding hydrogens is 1710 g/mol. The van der Waals surface area contributed by atoms with Crippen LogP contribution in [-0.4, -0.2) is 18.1 Å². The van der Waals surface area contributed by atoms with E-state index in [0.29, 0.717) is 0 Å². The van der Waals surface area contributed by atoms with E-state index < -0.39 is 0 Å². The summed E-state index contributed by atoms with van der Waals surface area (Å²) in [7, 11) is 0. The first-order valence-electron chi connectivity index (χ1n) is 49.2. The van der Waals surface area contributed by atoms with Crippen LogP contribution in [0.4, 0.5) is 0 Å². The van der Waals surface area contributed by atoms with Gasteiger partial charge in [0, 0.05) is 87.4 Å². The molecular formula is C138H86N4. The fourth-order valence-corrected chi connectivity index (χ4v) is 24.4. The number of aromatic nitrogens is 4. The Bertz CT molecular complexity index is 10200. The normalized spacial score (nSPS) is 11.9. The molecule has 31 rings (SSSR count). The first-order chi connectivity index (χ1) is 70.6. The molecule has 0 aliphatic heterocycles. The monoisotopic (exact) mass is 1800 g/mol.